The quantitative estimate of drug-likeness (QED) is 0.842. The summed E-state index contributed by atoms with van der Waals surface area (Å²) in [4.78, 5) is 22.2. The zero-order valence-corrected chi connectivity index (χ0v) is 9.49. The third-order valence-electron chi connectivity index (χ3n) is 2.22. The highest BCUT2D eigenvalue weighted by Crippen LogP contribution is 2.22. The number of benzene rings is 1. The Morgan fingerprint density at radius 1 is 1.50 bits per heavy atom. The van der Waals surface area contributed by atoms with Crippen molar-refractivity contribution in [1.82, 2.24) is 5.32 Å². The second kappa shape index (κ2) is 5.51. The van der Waals surface area contributed by atoms with Crippen LogP contribution in [-0.2, 0) is 9.59 Å². The van der Waals surface area contributed by atoms with Crippen molar-refractivity contribution in [2.45, 2.75) is 12.3 Å². The molecule has 0 aliphatic heterocycles. The van der Waals surface area contributed by atoms with Gasteiger partial charge in [-0.1, -0.05) is 23.7 Å². The average molecular weight is 242 g/mol. The van der Waals surface area contributed by atoms with Crippen LogP contribution in [0.3, 0.4) is 0 Å². The van der Waals surface area contributed by atoms with Gasteiger partial charge in [0.05, 0.1) is 5.92 Å². The summed E-state index contributed by atoms with van der Waals surface area (Å²) in [5.74, 6) is -2.21. The third-order valence-corrected chi connectivity index (χ3v) is 2.45. The maximum atomic E-state index is 11.2. The van der Waals surface area contributed by atoms with Crippen LogP contribution in [0.4, 0.5) is 0 Å². The fourth-order valence-corrected chi connectivity index (χ4v) is 1.56. The van der Waals surface area contributed by atoms with E-state index in [9.17, 15) is 9.59 Å². The van der Waals surface area contributed by atoms with Gasteiger partial charge in [0.1, 0.15) is 0 Å². The van der Waals surface area contributed by atoms with Crippen LogP contribution < -0.4 is 5.32 Å². The highest BCUT2D eigenvalue weighted by molar-refractivity contribution is 6.30. The van der Waals surface area contributed by atoms with Gasteiger partial charge in [-0.05, 0) is 17.7 Å². The summed E-state index contributed by atoms with van der Waals surface area (Å²) in [7, 11) is 1.47. The lowest BCUT2D eigenvalue weighted by atomic mass is 9.95. The molecule has 86 valence electrons. The highest BCUT2D eigenvalue weighted by Gasteiger charge is 2.22. The lowest BCUT2D eigenvalue weighted by molar-refractivity contribution is -0.140. The minimum Gasteiger partial charge on any atom is -0.481 e. The molecule has 1 amide bonds. The summed E-state index contributed by atoms with van der Waals surface area (Å²) in [5, 5.41) is 11.9. The van der Waals surface area contributed by atoms with Crippen molar-refractivity contribution in [1.29, 1.82) is 0 Å². The highest BCUT2D eigenvalue weighted by atomic mass is 35.5. The van der Waals surface area contributed by atoms with Gasteiger partial charge in [0.2, 0.25) is 5.91 Å². The van der Waals surface area contributed by atoms with E-state index in [1.54, 1.807) is 24.3 Å². The van der Waals surface area contributed by atoms with Crippen LogP contribution in [0.1, 0.15) is 17.9 Å². The lowest BCUT2D eigenvalue weighted by Crippen LogP contribution is -2.24. The smallest absolute Gasteiger partial charge is 0.311 e. The molecule has 0 bridgehead atoms. The standard InChI is InChI=1S/C11H12ClNO3/c1-13-10(14)6-9(11(15)16)7-3-2-4-8(12)5-7/h2-5,9H,6H2,1H3,(H,13,14)(H,15,16). The number of carboxylic acids is 1. The van der Waals surface area contributed by atoms with E-state index in [0.717, 1.165) is 0 Å². The molecule has 5 heteroatoms. The molecule has 16 heavy (non-hydrogen) atoms. The molecule has 1 atom stereocenters. The normalized spacial score (nSPS) is 11.9. The molecule has 0 aromatic heterocycles. The summed E-state index contributed by atoms with van der Waals surface area (Å²) >= 11 is 5.77. The molecule has 0 radical (unpaired) electrons. The molecule has 1 aromatic carbocycles. The largest absolute Gasteiger partial charge is 0.481 e. The first-order chi connectivity index (χ1) is 7.54. The molecular weight excluding hydrogens is 230 g/mol. The van der Waals surface area contributed by atoms with Crippen LogP contribution in [0.2, 0.25) is 5.02 Å². The third kappa shape index (κ3) is 3.24. The number of halogens is 1. The van der Waals surface area contributed by atoms with Crippen molar-refractivity contribution in [3.05, 3.63) is 34.9 Å². The summed E-state index contributed by atoms with van der Waals surface area (Å²) < 4.78 is 0. The van der Waals surface area contributed by atoms with Crippen LogP contribution >= 0.6 is 11.6 Å². The van der Waals surface area contributed by atoms with Gasteiger partial charge < -0.3 is 10.4 Å². The summed E-state index contributed by atoms with van der Waals surface area (Å²) in [6.07, 6.45) is -0.0911. The van der Waals surface area contributed by atoms with Gasteiger partial charge in [-0.15, -0.1) is 0 Å². The van der Waals surface area contributed by atoms with E-state index in [1.165, 1.54) is 7.05 Å². The van der Waals surface area contributed by atoms with Crippen LogP contribution in [0.25, 0.3) is 0 Å². The summed E-state index contributed by atoms with van der Waals surface area (Å²) in [5.41, 5.74) is 0.531. The summed E-state index contributed by atoms with van der Waals surface area (Å²) in [6, 6.07) is 6.53. The molecule has 2 N–H and O–H groups in total. The molecule has 4 nitrogen and oxygen atoms in total. The maximum absolute atomic E-state index is 11.2. The van der Waals surface area contributed by atoms with E-state index < -0.39 is 11.9 Å². The number of hydrogen-bond acceptors (Lipinski definition) is 2. The fourth-order valence-electron chi connectivity index (χ4n) is 1.36. The van der Waals surface area contributed by atoms with E-state index in [2.05, 4.69) is 5.32 Å². The first-order valence-electron chi connectivity index (χ1n) is 4.73. The molecular formula is C11H12ClNO3. The van der Waals surface area contributed by atoms with E-state index in [4.69, 9.17) is 16.7 Å². The second-order valence-electron chi connectivity index (χ2n) is 3.32. The maximum Gasteiger partial charge on any atom is 0.311 e. The molecule has 1 aromatic rings. The van der Waals surface area contributed by atoms with Gasteiger partial charge in [-0.2, -0.15) is 0 Å². The molecule has 0 aliphatic carbocycles. The first kappa shape index (κ1) is 12.5. The number of amides is 1. The van der Waals surface area contributed by atoms with Crippen molar-refractivity contribution in [2.24, 2.45) is 0 Å². The van der Waals surface area contributed by atoms with Crippen molar-refractivity contribution >= 4 is 23.5 Å². The first-order valence-corrected chi connectivity index (χ1v) is 5.11. The van der Waals surface area contributed by atoms with E-state index in [-0.39, 0.29) is 12.3 Å². The van der Waals surface area contributed by atoms with Crippen LogP contribution in [0.15, 0.2) is 24.3 Å². The minimum absolute atomic E-state index is 0.0911. The SMILES string of the molecule is CNC(=O)CC(C(=O)O)c1cccc(Cl)c1. The van der Waals surface area contributed by atoms with E-state index in [0.29, 0.717) is 10.6 Å². The molecule has 0 aliphatic rings. The predicted octanol–water partition coefficient (Wildman–Crippen LogP) is 1.64. The van der Waals surface area contributed by atoms with Crippen molar-refractivity contribution < 1.29 is 14.7 Å². The molecule has 0 spiro atoms. The number of nitrogens with one attached hydrogen (secondary N) is 1. The van der Waals surface area contributed by atoms with Crippen molar-refractivity contribution in [2.75, 3.05) is 7.05 Å². The van der Waals surface area contributed by atoms with E-state index >= 15 is 0 Å². The Morgan fingerprint density at radius 3 is 2.69 bits per heavy atom. The predicted molar refractivity (Wildman–Crippen MR) is 60.5 cm³/mol. The molecule has 1 unspecified atom stereocenters. The van der Waals surface area contributed by atoms with Crippen LogP contribution in [0.5, 0.6) is 0 Å². The topological polar surface area (TPSA) is 66.4 Å². The van der Waals surface area contributed by atoms with Gasteiger partial charge in [0, 0.05) is 18.5 Å². The Bertz CT molecular complexity index is 406. The van der Waals surface area contributed by atoms with Crippen LogP contribution in [-0.4, -0.2) is 24.0 Å². The molecule has 0 saturated carbocycles. The number of aliphatic carboxylic acids is 1. The molecule has 1 rings (SSSR count). The van der Waals surface area contributed by atoms with Crippen LogP contribution in [0, 0.1) is 0 Å². The summed E-state index contributed by atoms with van der Waals surface area (Å²) in [6.45, 7) is 0. The number of hydrogen-bond donors (Lipinski definition) is 2. The van der Waals surface area contributed by atoms with Gasteiger partial charge in [0.15, 0.2) is 0 Å². The minimum atomic E-state index is -1.04. The average Bonchev–Trinajstić information content (AvgIpc) is 2.25. The Morgan fingerprint density at radius 2 is 2.19 bits per heavy atom. The molecule has 0 saturated heterocycles. The number of carboxylic acid groups (broad SMARTS) is 1. The fraction of sp³-hybridized carbons (Fsp3) is 0.273. The zero-order chi connectivity index (χ0) is 12.1. The van der Waals surface area contributed by atoms with Gasteiger partial charge >= 0.3 is 5.97 Å². The Labute approximate surface area is 98.2 Å². The molecule has 0 fully saturated rings. The van der Waals surface area contributed by atoms with Crippen molar-refractivity contribution in [3.63, 3.8) is 0 Å². The Balaban J connectivity index is 2.94. The number of rotatable bonds is 4. The second-order valence-corrected chi connectivity index (χ2v) is 3.76. The van der Waals surface area contributed by atoms with Gasteiger partial charge in [-0.3, -0.25) is 9.59 Å². The Hall–Kier alpha value is -1.55. The van der Waals surface area contributed by atoms with Gasteiger partial charge in [0.25, 0.3) is 0 Å². The number of carbonyl (C=O) groups is 2. The zero-order valence-electron chi connectivity index (χ0n) is 8.74. The lowest BCUT2D eigenvalue weighted by Gasteiger charge is -2.11. The number of carbonyl (C=O) groups excluding carboxylic acids is 1. The van der Waals surface area contributed by atoms with E-state index in [1.807, 2.05) is 0 Å². The Kier molecular flexibility index (Phi) is 4.31. The van der Waals surface area contributed by atoms with Gasteiger partial charge in [-0.25, -0.2) is 0 Å². The molecule has 0 heterocycles. The monoisotopic (exact) mass is 241 g/mol. The van der Waals surface area contributed by atoms with Crippen molar-refractivity contribution in [3.8, 4) is 0 Å².